The number of ether oxygens (including phenoxy) is 2. The summed E-state index contributed by atoms with van der Waals surface area (Å²) in [6.45, 7) is 0.546. The average molecular weight is 340 g/mol. The van der Waals surface area contributed by atoms with E-state index in [9.17, 15) is 0 Å². The van der Waals surface area contributed by atoms with Crippen LogP contribution in [-0.4, -0.2) is 19.8 Å². The van der Waals surface area contributed by atoms with E-state index < -0.39 is 0 Å². The van der Waals surface area contributed by atoms with Crippen molar-refractivity contribution in [3.05, 3.63) is 45.1 Å². The third kappa shape index (κ3) is 2.50. The molecule has 19 heavy (non-hydrogen) atoms. The number of nitrogens with one attached hydrogen (secondary N) is 1. The van der Waals surface area contributed by atoms with E-state index in [1.807, 2.05) is 31.3 Å². The molecule has 1 aliphatic rings. The molecule has 0 saturated heterocycles. The number of thiophene rings is 1. The molecule has 0 bridgehead atoms. The van der Waals surface area contributed by atoms with Crippen molar-refractivity contribution in [1.82, 2.24) is 5.32 Å². The fraction of sp³-hybridized carbons (Fsp3) is 0.286. The molecule has 1 aromatic carbocycles. The van der Waals surface area contributed by atoms with Gasteiger partial charge in [0.15, 0.2) is 17.6 Å². The highest BCUT2D eigenvalue weighted by atomic mass is 79.9. The van der Waals surface area contributed by atoms with Crippen LogP contribution in [0.2, 0.25) is 0 Å². The Hall–Kier alpha value is -1.04. The molecule has 5 heteroatoms. The Balaban J connectivity index is 1.85. The smallest absolute Gasteiger partial charge is 0.161 e. The maximum absolute atomic E-state index is 6.06. The van der Waals surface area contributed by atoms with Gasteiger partial charge in [-0.05, 0) is 46.1 Å². The Bertz CT molecular complexity index is 572. The zero-order valence-corrected chi connectivity index (χ0v) is 12.8. The molecule has 0 fully saturated rings. The molecule has 0 aliphatic carbocycles. The van der Waals surface area contributed by atoms with E-state index in [4.69, 9.17) is 9.47 Å². The Kier molecular flexibility index (Phi) is 3.77. The lowest BCUT2D eigenvalue weighted by Gasteiger charge is -2.32. The predicted molar refractivity (Wildman–Crippen MR) is 80.2 cm³/mol. The zero-order valence-electron chi connectivity index (χ0n) is 10.4. The van der Waals surface area contributed by atoms with Crippen LogP contribution in [0.4, 0.5) is 0 Å². The van der Waals surface area contributed by atoms with Crippen molar-refractivity contribution in [2.75, 3.05) is 13.7 Å². The third-order valence-electron chi connectivity index (χ3n) is 3.19. The Morgan fingerprint density at radius 1 is 1.32 bits per heavy atom. The molecular formula is C14H14BrNO2S. The van der Waals surface area contributed by atoms with Crippen LogP contribution < -0.4 is 14.8 Å². The van der Waals surface area contributed by atoms with Crippen LogP contribution in [0, 0.1) is 0 Å². The molecule has 2 aromatic rings. The average Bonchev–Trinajstić information content (AvgIpc) is 2.86. The number of rotatable bonds is 3. The van der Waals surface area contributed by atoms with E-state index in [1.54, 1.807) is 11.3 Å². The summed E-state index contributed by atoms with van der Waals surface area (Å²) in [7, 11) is 1.94. The van der Waals surface area contributed by atoms with Gasteiger partial charge in [-0.15, -0.1) is 0 Å². The summed E-state index contributed by atoms with van der Waals surface area (Å²) in [5.74, 6) is 1.63. The van der Waals surface area contributed by atoms with Gasteiger partial charge in [0.25, 0.3) is 0 Å². The van der Waals surface area contributed by atoms with Crippen molar-refractivity contribution in [3.63, 3.8) is 0 Å². The summed E-state index contributed by atoms with van der Waals surface area (Å²) in [6, 6.07) is 7.89. The lowest BCUT2D eigenvalue weighted by atomic mass is 10.0. The van der Waals surface area contributed by atoms with E-state index in [2.05, 4.69) is 32.0 Å². The number of benzene rings is 1. The highest BCUT2D eigenvalue weighted by Gasteiger charge is 2.30. The molecule has 3 nitrogen and oxygen atoms in total. The van der Waals surface area contributed by atoms with Gasteiger partial charge in [0.1, 0.15) is 6.61 Å². The largest absolute Gasteiger partial charge is 0.486 e. The topological polar surface area (TPSA) is 30.5 Å². The van der Waals surface area contributed by atoms with Crippen LogP contribution in [0.15, 0.2) is 39.5 Å². The molecule has 2 heterocycles. The van der Waals surface area contributed by atoms with Crippen molar-refractivity contribution in [1.29, 1.82) is 0 Å². The van der Waals surface area contributed by atoms with E-state index >= 15 is 0 Å². The van der Waals surface area contributed by atoms with Gasteiger partial charge in [-0.3, -0.25) is 0 Å². The van der Waals surface area contributed by atoms with Crippen LogP contribution in [0.3, 0.4) is 0 Å². The van der Waals surface area contributed by atoms with Gasteiger partial charge in [0.2, 0.25) is 0 Å². The first kappa shape index (κ1) is 13.0. The number of hydrogen-bond acceptors (Lipinski definition) is 4. The highest BCUT2D eigenvalue weighted by molar-refractivity contribution is 9.10. The predicted octanol–water partition coefficient (Wildman–Crippen LogP) is 3.61. The van der Waals surface area contributed by atoms with E-state index in [0.29, 0.717) is 6.61 Å². The SMILES string of the molecule is CNC(c1cscc1Br)C1COc2ccccc2O1. The normalized spacial score (nSPS) is 19.2. The molecule has 100 valence electrons. The fourth-order valence-corrected chi connectivity index (χ4v) is 3.84. The van der Waals surface area contributed by atoms with Gasteiger partial charge in [0.05, 0.1) is 6.04 Å². The highest BCUT2D eigenvalue weighted by Crippen LogP contribution is 2.36. The minimum absolute atomic E-state index is 0.0363. The molecule has 0 saturated carbocycles. The first-order valence-electron chi connectivity index (χ1n) is 6.07. The number of hydrogen-bond donors (Lipinski definition) is 1. The lowest BCUT2D eigenvalue weighted by molar-refractivity contribution is 0.0638. The van der Waals surface area contributed by atoms with Crippen molar-refractivity contribution in [2.45, 2.75) is 12.1 Å². The molecule has 0 radical (unpaired) electrons. The van der Waals surface area contributed by atoms with Crippen LogP contribution in [0.5, 0.6) is 11.5 Å². The van der Waals surface area contributed by atoms with Gasteiger partial charge >= 0.3 is 0 Å². The zero-order chi connectivity index (χ0) is 13.2. The first-order valence-corrected chi connectivity index (χ1v) is 7.80. The quantitative estimate of drug-likeness (QED) is 0.926. The Morgan fingerprint density at radius 2 is 2.11 bits per heavy atom. The van der Waals surface area contributed by atoms with Crippen molar-refractivity contribution in [3.8, 4) is 11.5 Å². The van der Waals surface area contributed by atoms with E-state index in [1.165, 1.54) is 5.56 Å². The van der Waals surface area contributed by atoms with Gasteiger partial charge in [0, 0.05) is 9.85 Å². The summed E-state index contributed by atoms with van der Waals surface area (Å²) in [6.07, 6.45) is -0.0363. The van der Waals surface area contributed by atoms with Gasteiger partial charge in [-0.25, -0.2) is 0 Å². The molecular weight excluding hydrogens is 326 g/mol. The second-order valence-electron chi connectivity index (χ2n) is 4.36. The van der Waals surface area contributed by atoms with Crippen LogP contribution in [-0.2, 0) is 0 Å². The Labute approximate surface area is 124 Å². The maximum atomic E-state index is 6.06. The van der Waals surface area contributed by atoms with Crippen LogP contribution in [0.1, 0.15) is 11.6 Å². The number of fused-ring (bicyclic) bond motifs is 1. The molecule has 3 rings (SSSR count). The first-order chi connectivity index (χ1) is 9.29. The van der Waals surface area contributed by atoms with Crippen molar-refractivity contribution >= 4 is 27.3 Å². The molecule has 2 unspecified atom stereocenters. The molecule has 0 spiro atoms. The second kappa shape index (κ2) is 5.53. The maximum Gasteiger partial charge on any atom is 0.161 e. The van der Waals surface area contributed by atoms with Crippen LogP contribution in [0.25, 0.3) is 0 Å². The van der Waals surface area contributed by atoms with Gasteiger partial charge in [-0.2, -0.15) is 11.3 Å². The summed E-state index contributed by atoms with van der Waals surface area (Å²) in [5, 5.41) is 7.53. The van der Waals surface area contributed by atoms with Gasteiger partial charge < -0.3 is 14.8 Å². The molecule has 0 amide bonds. The van der Waals surface area contributed by atoms with Crippen LogP contribution >= 0.6 is 27.3 Å². The van der Waals surface area contributed by atoms with Crippen molar-refractivity contribution in [2.24, 2.45) is 0 Å². The molecule has 2 atom stereocenters. The Morgan fingerprint density at radius 3 is 2.79 bits per heavy atom. The summed E-state index contributed by atoms with van der Waals surface area (Å²) >= 11 is 5.26. The molecule has 1 N–H and O–H groups in total. The van der Waals surface area contributed by atoms with E-state index in [0.717, 1.165) is 16.0 Å². The number of halogens is 1. The molecule has 1 aromatic heterocycles. The summed E-state index contributed by atoms with van der Waals surface area (Å²) in [5.41, 5.74) is 1.21. The monoisotopic (exact) mass is 339 g/mol. The summed E-state index contributed by atoms with van der Waals surface area (Å²) < 4.78 is 13.0. The molecule has 1 aliphatic heterocycles. The van der Waals surface area contributed by atoms with Crippen molar-refractivity contribution < 1.29 is 9.47 Å². The van der Waals surface area contributed by atoms with E-state index in [-0.39, 0.29) is 12.1 Å². The summed E-state index contributed by atoms with van der Waals surface area (Å²) in [4.78, 5) is 0. The standard InChI is InChI=1S/C14H14BrNO2S/c1-16-14(9-7-19-8-10(9)15)13-6-17-11-4-2-3-5-12(11)18-13/h2-5,7-8,13-14,16H,6H2,1H3. The van der Waals surface area contributed by atoms with Gasteiger partial charge in [-0.1, -0.05) is 12.1 Å². The minimum atomic E-state index is -0.0363. The number of para-hydroxylation sites is 2. The third-order valence-corrected chi connectivity index (χ3v) is 4.94. The minimum Gasteiger partial charge on any atom is -0.486 e. The number of likely N-dealkylation sites (N-methyl/N-ethyl adjacent to an activating group) is 1. The second-order valence-corrected chi connectivity index (χ2v) is 5.95. The fourth-order valence-electron chi connectivity index (χ4n) is 2.25. The lowest BCUT2D eigenvalue weighted by Crippen LogP contribution is -2.40.